The van der Waals surface area contributed by atoms with Crippen LogP contribution in [0.5, 0.6) is 0 Å². The van der Waals surface area contributed by atoms with E-state index >= 15 is 0 Å². The Bertz CT molecular complexity index is 253. The van der Waals surface area contributed by atoms with E-state index in [9.17, 15) is 9.59 Å². The second-order valence-corrected chi connectivity index (χ2v) is 4.40. The van der Waals surface area contributed by atoms with E-state index < -0.39 is 6.04 Å². The van der Waals surface area contributed by atoms with Crippen molar-refractivity contribution in [2.45, 2.75) is 19.9 Å². The number of hydrogen-bond donors (Lipinski definition) is 2. The first-order chi connectivity index (χ1) is 7.31. The van der Waals surface area contributed by atoms with Gasteiger partial charge in [0.25, 0.3) is 5.91 Å². The van der Waals surface area contributed by atoms with Crippen molar-refractivity contribution in [3.8, 4) is 0 Å². The van der Waals surface area contributed by atoms with Gasteiger partial charge in [0.05, 0.1) is 12.6 Å². The van der Waals surface area contributed by atoms with Crippen molar-refractivity contribution in [2.24, 2.45) is 11.8 Å². The van der Waals surface area contributed by atoms with Gasteiger partial charge in [-0.3, -0.25) is 19.9 Å². The van der Waals surface area contributed by atoms with E-state index in [1.54, 1.807) is 26.0 Å². The molecule has 0 aliphatic rings. The number of carbonyl (C=O) groups is 2. The molecule has 0 aliphatic carbocycles. The lowest BCUT2D eigenvalue weighted by Gasteiger charge is -2.29. The van der Waals surface area contributed by atoms with Gasteiger partial charge in [0.1, 0.15) is 0 Å². The summed E-state index contributed by atoms with van der Waals surface area (Å²) in [5.74, 6) is 4.89. The first-order valence-corrected chi connectivity index (χ1v) is 5.22. The molecule has 0 aromatic rings. The van der Waals surface area contributed by atoms with Gasteiger partial charge in [-0.25, -0.2) is 5.84 Å². The smallest absolute Gasteiger partial charge is 0.251 e. The second kappa shape index (κ2) is 6.44. The van der Waals surface area contributed by atoms with E-state index in [1.165, 1.54) is 4.90 Å². The Labute approximate surface area is 96.7 Å². The van der Waals surface area contributed by atoms with Crippen molar-refractivity contribution in [3.63, 3.8) is 0 Å². The summed E-state index contributed by atoms with van der Waals surface area (Å²) in [5, 5.41) is 0. The number of likely N-dealkylation sites (N-methyl/N-ethyl adjacent to an activating group) is 2. The molecule has 1 atom stereocenters. The van der Waals surface area contributed by atoms with Crippen LogP contribution in [-0.4, -0.2) is 55.3 Å². The molecular weight excluding hydrogens is 208 g/mol. The Morgan fingerprint density at radius 3 is 2.06 bits per heavy atom. The highest BCUT2D eigenvalue weighted by Gasteiger charge is 2.27. The average Bonchev–Trinajstić information content (AvgIpc) is 2.16. The average molecular weight is 230 g/mol. The lowest BCUT2D eigenvalue weighted by atomic mass is 10.0. The third kappa shape index (κ3) is 4.16. The maximum absolute atomic E-state index is 11.5. The molecule has 0 aliphatic heterocycles. The molecule has 0 spiro atoms. The molecule has 3 N–H and O–H groups in total. The molecule has 94 valence electrons. The molecule has 0 rings (SSSR count). The van der Waals surface area contributed by atoms with Crippen LogP contribution in [0.15, 0.2) is 0 Å². The maximum atomic E-state index is 11.5. The monoisotopic (exact) mass is 230 g/mol. The molecule has 2 amide bonds. The molecule has 6 heteroatoms. The van der Waals surface area contributed by atoms with Crippen LogP contribution in [0.2, 0.25) is 0 Å². The van der Waals surface area contributed by atoms with Crippen LogP contribution in [0.4, 0.5) is 0 Å². The van der Waals surface area contributed by atoms with E-state index in [4.69, 9.17) is 5.84 Å². The largest absolute Gasteiger partial charge is 0.348 e. The molecule has 0 saturated carbocycles. The molecule has 0 saturated heterocycles. The van der Waals surface area contributed by atoms with Crippen molar-refractivity contribution in [1.82, 2.24) is 15.2 Å². The maximum Gasteiger partial charge on any atom is 0.251 e. The van der Waals surface area contributed by atoms with Crippen molar-refractivity contribution in [2.75, 3.05) is 27.7 Å². The molecule has 0 heterocycles. The molecule has 0 aromatic carbocycles. The molecule has 16 heavy (non-hydrogen) atoms. The predicted octanol–water partition coefficient (Wildman–Crippen LogP) is -0.979. The highest BCUT2D eigenvalue weighted by molar-refractivity contribution is 5.83. The zero-order valence-electron chi connectivity index (χ0n) is 10.7. The second-order valence-electron chi connectivity index (χ2n) is 4.40. The van der Waals surface area contributed by atoms with E-state index in [2.05, 4.69) is 5.43 Å². The van der Waals surface area contributed by atoms with Crippen LogP contribution in [0.3, 0.4) is 0 Å². The van der Waals surface area contributed by atoms with E-state index in [-0.39, 0.29) is 24.3 Å². The number of carbonyl (C=O) groups excluding carboxylic acids is 2. The summed E-state index contributed by atoms with van der Waals surface area (Å²) in [6.45, 7) is 4.02. The number of hydrogen-bond acceptors (Lipinski definition) is 4. The zero-order chi connectivity index (χ0) is 12.9. The van der Waals surface area contributed by atoms with Crippen molar-refractivity contribution in [3.05, 3.63) is 0 Å². The number of nitrogens with one attached hydrogen (secondary N) is 1. The normalized spacial score (nSPS) is 12.8. The fourth-order valence-corrected chi connectivity index (χ4v) is 1.55. The SMILES string of the molecule is CC(C)C(C(=O)NN)N(C)CC(=O)N(C)C. The van der Waals surface area contributed by atoms with Crippen LogP contribution in [-0.2, 0) is 9.59 Å². The highest BCUT2D eigenvalue weighted by Crippen LogP contribution is 2.09. The van der Waals surface area contributed by atoms with Gasteiger partial charge in [0.15, 0.2) is 0 Å². The minimum Gasteiger partial charge on any atom is -0.348 e. The van der Waals surface area contributed by atoms with Crippen LogP contribution in [0.25, 0.3) is 0 Å². The third-order valence-corrected chi connectivity index (χ3v) is 2.40. The first-order valence-electron chi connectivity index (χ1n) is 5.22. The Kier molecular flexibility index (Phi) is 5.98. The Morgan fingerprint density at radius 2 is 1.75 bits per heavy atom. The number of nitrogens with two attached hydrogens (primary N) is 1. The fourth-order valence-electron chi connectivity index (χ4n) is 1.55. The summed E-state index contributed by atoms with van der Waals surface area (Å²) >= 11 is 0. The van der Waals surface area contributed by atoms with Crippen molar-refractivity contribution in [1.29, 1.82) is 0 Å². The molecule has 0 aromatic heterocycles. The molecule has 0 radical (unpaired) electrons. The zero-order valence-corrected chi connectivity index (χ0v) is 10.7. The molecular formula is C10H22N4O2. The first kappa shape index (κ1) is 14.9. The predicted molar refractivity (Wildman–Crippen MR) is 62.3 cm³/mol. The van der Waals surface area contributed by atoms with Crippen LogP contribution in [0.1, 0.15) is 13.8 Å². The standard InChI is InChI=1S/C10H22N4O2/c1-7(2)9(10(16)12-11)14(5)6-8(15)13(3)4/h7,9H,6,11H2,1-5H3,(H,12,16). The number of hydrazine groups is 1. The number of rotatable bonds is 5. The minimum atomic E-state index is -0.395. The van der Waals surface area contributed by atoms with Crippen molar-refractivity contribution >= 4 is 11.8 Å². The van der Waals surface area contributed by atoms with Gasteiger partial charge in [-0.05, 0) is 13.0 Å². The quantitative estimate of drug-likeness (QED) is 0.361. The number of amides is 2. The molecule has 1 unspecified atom stereocenters. The van der Waals surface area contributed by atoms with Crippen LogP contribution < -0.4 is 11.3 Å². The molecule has 0 bridgehead atoms. The lowest BCUT2D eigenvalue weighted by Crippen LogP contribution is -2.52. The van der Waals surface area contributed by atoms with E-state index in [0.29, 0.717) is 0 Å². The lowest BCUT2D eigenvalue weighted by molar-refractivity contribution is -0.133. The fraction of sp³-hybridized carbons (Fsp3) is 0.800. The van der Waals surface area contributed by atoms with E-state index in [1.807, 2.05) is 13.8 Å². The summed E-state index contributed by atoms with van der Waals surface area (Å²) < 4.78 is 0. The highest BCUT2D eigenvalue weighted by atomic mass is 16.2. The van der Waals surface area contributed by atoms with Gasteiger partial charge in [-0.1, -0.05) is 13.8 Å². The topological polar surface area (TPSA) is 78.7 Å². The van der Waals surface area contributed by atoms with Gasteiger partial charge in [0.2, 0.25) is 5.91 Å². The molecule has 0 fully saturated rings. The van der Waals surface area contributed by atoms with E-state index in [0.717, 1.165) is 0 Å². The summed E-state index contributed by atoms with van der Waals surface area (Å²) in [6.07, 6.45) is 0. The number of nitrogens with zero attached hydrogens (tertiary/aromatic N) is 2. The van der Waals surface area contributed by atoms with Gasteiger partial charge in [0, 0.05) is 14.1 Å². The van der Waals surface area contributed by atoms with Crippen LogP contribution >= 0.6 is 0 Å². The van der Waals surface area contributed by atoms with Gasteiger partial charge in [-0.15, -0.1) is 0 Å². The van der Waals surface area contributed by atoms with Gasteiger partial charge >= 0.3 is 0 Å². The minimum absolute atomic E-state index is 0.0435. The summed E-state index contributed by atoms with van der Waals surface area (Å²) in [6, 6.07) is -0.395. The summed E-state index contributed by atoms with van der Waals surface area (Å²) in [7, 11) is 5.11. The Balaban J connectivity index is 4.57. The molecule has 6 nitrogen and oxygen atoms in total. The summed E-state index contributed by atoms with van der Waals surface area (Å²) in [4.78, 5) is 26.3. The Hall–Kier alpha value is -1.14. The van der Waals surface area contributed by atoms with Crippen LogP contribution in [0, 0.1) is 5.92 Å². The Morgan fingerprint density at radius 1 is 1.25 bits per heavy atom. The third-order valence-electron chi connectivity index (χ3n) is 2.40. The van der Waals surface area contributed by atoms with Crippen molar-refractivity contribution < 1.29 is 9.59 Å². The summed E-state index contributed by atoms with van der Waals surface area (Å²) in [5.41, 5.74) is 2.12. The van der Waals surface area contributed by atoms with Gasteiger partial charge in [-0.2, -0.15) is 0 Å². The van der Waals surface area contributed by atoms with Gasteiger partial charge < -0.3 is 4.90 Å².